The Kier molecular flexibility index (Phi) is 6.40. The minimum Gasteiger partial charge on any atom is -0.466 e. The van der Waals surface area contributed by atoms with Crippen molar-refractivity contribution in [3.8, 4) is 11.5 Å². The third-order valence-corrected chi connectivity index (χ3v) is 7.58. The van der Waals surface area contributed by atoms with Gasteiger partial charge in [-0.1, -0.05) is 0 Å². The summed E-state index contributed by atoms with van der Waals surface area (Å²) >= 11 is 1.43. The van der Waals surface area contributed by atoms with Crippen LogP contribution in [0.4, 0.5) is 5.13 Å². The molecule has 1 N–H and O–H groups in total. The molecule has 0 unspecified atom stereocenters. The lowest BCUT2D eigenvalue weighted by Crippen LogP contribution is -2.43. The first kappa shape index (κ1) is 22.6. The number of ether oxygens (including phenoxy) is 3. The molecule has 1 fully saturated rings. The van der Waals surface area contributed by atoms with Crippen molar-refractivity contribution < 1.29 is 28.6 Å². The number of aryl methyl sites for hydroxylation is 1. The number of hydrogen-bond acceptors (Lipinski definition) is 8. The van der Waals surface area contributed by atoms with Crippen LogP contribution in [0, 0.1) is 5.92 Å². The first-order valence-electron chi connectivity index (χ1n) is 11.7. The van der Waals surface area contributed by atoms with E-state index in [9.17, 15) is 14.4 Å². The number of nitrogens with one attached hydrogen (secondary N) is 1. The van der Waals surface area contributed by atoms with Crippen LogP contribution in [0.3, 0.4) is 0 Å². The molecule has 1 aromatic heterocycles. The van der Waals surface area contributed by atoms with Crippen molar-refractivity contribution in [2.24, 2.45) is 5.92 Å². The molecule has 0 spiro atoms. The normalized spacial score (nSPS) is 19.4. The van der Waals surface area contributed by atoms with Crippen molar-refractivity contribution in [1.29, 1.82) is 0 Å². The van der Waals surface area contributed by atoms with Gasteiger partial charge in [0.15, 0.2) is 16.6 Å². The van der Waals surface area contributed by atoms with Crippen molar-refractivity contribution in [2.75, 3.05) is 31.8 Å². The van der Waals surface area contributed by atoms with Gasteiger partial charge in [-0.05, 0) is 57.2 Å². The van der Waals surface area contributed by atoms with E-state index in [4.69, 9.17) is 14.2 Å². The van der Waals surface area contributed by atoms with Gasteiger partial charge in [0.25, 0.3) is 5.91 Å². The second-order valence-corrected chi connectivity index (χ2v) is 9.73. The van der Waals surface area contributed by atoms with Crippen LogP contribution in [0.2, 0.25) is 0 Å². The molecule has 0 bridgehead atoms. The molecule has 2 aliphatic heterocycles. The molecule has 10 heteroatoms. The van der Waals surface area contributed by atoms with Gasteiger partial charge in [0, 0.05) is 23.5 Å². The highest BCUT2D eigenvalue weighted by Crippen LogP contribution is 2.39. The molecule has 0 radical (unpaired) electrons. The smallest absolute Gasteiger partial charge is 0.309 e. The number of piperidine rings is 1. The zero-order valence-electron chi connectivity index (χ0n) is 19.0. The predicted molar refractivity (Wildman–Crippen MR) is 124 cm³/mol. The molecule has 5 rings (SSSR count). The summed E-state index contributed by atoms with van der Waals surface area (Å²) in [5, 5.41) is 3.37. The Morgan fingerprint density at radius 2 is 1.97 bits per heavy atom. The summed E-state index contributed by atoms with van der Waals surface area (Å²) in [7, 11) is 0. The van der Waals surface area contributed by atoms with E-state index in [1.54, 1.807) is 25.1 Å². The van der Waals surface area contributed by atoms with Crippen molar-refractivity contribution >= 4 is 34.3 Å². The van der Waals surface area contributed by atoms with E-state index >= 15 is 0 Å². The van der Waals surface area contributed by atoms with E-state index in [0.29, 0.717) is 54.7 Å². The van der Waals surface area contributed by atoms with E-state index in [1.807, 2.05) is 4.90 Å². The first-order chi connectivity index (χ1) is 16.5. The molecule has 3 aliphatic rings. The molecule has 1 saturated heterocycles. The number of thiazole rings is 1. The lowest BCUT2D eigenvalue weighted by atomic mass is 9.88. The third-order valence-electron chi connectivity index (χ3n) is 6.53. The standard InChI is InChI=1S/C24H27N3O6S/c1-2-31-23(30)14-8-10-27(11-9-14)22(29)16-4-3-5-19-20(16)25-24(34-19)26-21(28)15-6-7-17-18(12-15)33-13-32-17/h6-7,12,14,16H,2-5,8-11,13H2,1H3,(H,25,26,28)/t16-/m0/s1. The summed E-state index contributed by atoms with van der Waals surface area (Å²) in [6.45, 7) is 3.42. The molecule has 3 heterocycles. The van der Waals surface area contributed by atoms with Crippen LogP contribution in [0.15, 0.2) is 18.2 Å². The van der Waals surface area contributed by atoms with Gasteiger partial charge in [0.2, 0.25) is 12.7 Å². The molecule has 1 aromatic carbocycles. The molecule has 1 aliphatic carbocycles. The highest BCUT2D eigenvalue weighted by Gasteiger charge is 2.36. The Labute approximate surface area is 201 Å². The maximum absolute atomic E-state index is 13.3. The van der Waals surface area contributed by atoms with Crippen molar-refractivity contribution in [1.82, 2.24) is 9.88 Å². The Hall–Kier alpha value is -3.14. The van der Waals surface area contributed by atoms with Gasteiger partial charge in [-0.3, -0.25) is 19.7 Å². The number of hydrogen-bond donors (Lipinski definition) is 1. The minimum atomic E-state index is -0.310. The Morgan fingerprint density at radius 3 is 2.76 bits per heavy atom. The largest absolute Gasteiger partial charge is 0.466 e. The number of likely N-dealkylation sites (tertiary alicyclic amines) is 1. The maximum atomic E-state index is 13.3. The van der Waals surface area contributed by atoms with E-state index in [1.165, 1.54) is 11.3 Å². The quantitative estimate of drug-likeness (QED) is 0.647. The van der Waals surface area contributed by atoms with Crippen LogP contribution >= 0.6 is 11.3 Å². The number of carbonyl (C=O) groups excluding carboxylic acids is 3. The van der Waals surface area contributed by atoms with Crippen LogP contribution in [0.1, 0.15) is 59.5 Å². The predicted octanol–water partition coefficient (Wildman–Crippen LogP) is 3.35. The number of benzene rings is 1. The van der Waals surface area contributed by atoms with Crippen LogP contribution in [-0.2, 0) is 20.7 Å². The van der Waals surface area contributed by atoms with Crippen LogP contribution in [0.25, 0.3) is 0 Å². The lowest BCUT2D eigenvalue weighted by Gasteiger charge is -2.34. The average Bonchev–Trinajstić information content (AvgIpc) is 3.49. The van der Waals surface area contributed by atoms with Crippen molar-refractivity contribution in [2.45, 2.75) is 44.9 Å². The third kappa shape index (κ3) is 4.46. The number of rotatable bonds is 5. The number of nitrogens with zero attached hydrogens (tertiary/aromatic N) is 2. The summed E-state index contributed by atoms with van der Waals surface area (Å²) in [4.78, 5) is 45.7. The number of amides is 2. The van der Waals surface area contributed by atoms with E-state index in [0.717, 1.165) is 29.8 Å². The molecule has 180 valence electrons. The summed E-state index contributed by atoms with van der Waals surface area (Å²) in [6.07, 6.45) is 3.74. The van der Waals surface area contributed by atoms with Crippen LogP contribution < -0.4 is 14.8 Å². The van der Waals surface area contributed by atoms with Crippen molar-refractivity contribution in [3.05, 3.63) is 34.3 Å². The summed E-state index contributed by atoms with van der Waals surface area (Å²) in [5.74, 6) is 0.323. The Balaban J connectivity index is 1.25. The maximum Gasteiger partial charge on any atom is 0.309 e. The van der Waals surface area contributed by atoms with E-state index in [2.05, 4.69) is 10.3 Å². The first-order valence-corrected chi connectivity index (χ1v) is 12.5. The molecular formula is C24H27N3O6S. The average molecular weight is 486 g/mol. The molecule has 2 aromatic rings. The van der Waals surface area contributed by atoms with Crippen LogP contribution in [-0.4, -0.2) is 54.2 Å². The number of aromatic nitrogens is 1. The molecule has 1 atom stereocenters. The zero-order valence-corrected chi connectivity index (χ0v) is 19.8. The zero-order chi connectivity index (χ0) is 23.7. The molecule has 2 amide bonds. The molecular weight excluding hydrogens is 458 g/mol. The molecule has 34 heavy (non-hydrogen) atoms. The molecule has 9 nitrogen and oxygen atoms in total. The van der Waals surface area contributed by atoms with Crippen LogP contribution in [0.5, 0.6) is 11.5 Å². The van der Waals surface area contributed by atoms with Gasteiger partial charge in [0.05, 0.1) is 24.1 Å². The Morgan fingerprint density at radius 1 is 1.18 bits per heavy atom. The van der Waals surface area contributed by atoms with Gasteiger partial charge in [-0.25, -0.2) is 4.98 Å². The monoisotopic (exact) mass is 485 g/mol. The van der Waals surface area contributed by atoms with Gasteiger partial charge >= 0.3 is 5.97 Å². The number of carbonyl (C=O) groups is 3. The summed E-state index contributed by atoms with van der Waals surface area (Å²) < 4.78 is 15.8. The fourth-order valence-electron chi connectivity index (χ4n) is 4.74. The number of esters is 1. The van der Waals surface area contributed by atoms with Gasteiger partial charge in [-0.2, -0.15) is 0 Å². The van der Waals surface area contributed by atoms with Crippen molar-refractivity contribution in [3.63, 3.8) is 0 Å². The summed E-state index contributed by atoms with van der Waals surface area (Å²) in [6, 6.07) is 5.05. The highest BCUT2D eigenvalue weighted by atomic mass is 32.1. The number of fused-ring (bicyclic) bond motifs is 2. The fourth-order valence-corrected chi connectivity index (χ4v) is 5.80. The second kappa shape index (κ2) is 9.61. The second-order valence-electron chi connectivity index (χ2n) is 8.65. The highest BCUT2D eigenvalue weighted by molar-refractivity contribution is 7.16. The Bertz CT molecular complexity index is 1110. The van der Waals surface area contributed by atoms with Gasteiger partial charge in [0.1, 0.15) is 0 Å². The van der Waals surface area contributed by atoms with Gasteiger partial charge < -0.3 is 19.1 Å². The number of anilines is 1. The fraction of sp³-hybridized carbons (Fsp3) is 0.500. The van der Waals surface area contributed by atoms with E-state index in [-0.39, 0.29) is 36.4 Å². The minimum absolute atomic E-state index is 0.0576. The van der Waals surface area contributed by atoms with E-state index < -0.39 is 0 Å². The lowest BCUT2D eigenvalue weighted by molar-refractivity contribution is -0.151. The topological polar surface area (TPSA) is 107 Å². The summed E-state index contributed by atoms with van der Waals surface area (Å²) in [5.41, 5.74) is 1.23. The van der Waals surface area contributed by atoms with Gasteiger partial charge in [-0.15, -0.1) is 11.3 Å². The molecule has 0 saturated carbocycles. The SMILES string of the molecule is CCOC(=O)C1CCN(C(=O)[C@H]2CCCc3sc(NC(=O)c4ccc5c(c4)OCO5)nc32)CC1.